The molecule has 1 aromatic carbocycles. The van der Waals surface area contributed by atoms with E-state index in [0.29, 0.717) is 0 Å². The van der Waals surface area contributed by atoms with E-state index in [2.05, 4.69) is 20.3 Å². The number of thioether (sulfide) groups is 1. The fourth-order valence-corrected chi connectivity index (χ4v) is 4.38. The van der Waals surface area contributed by atoms with Crippen molar-refractivity contribution in [1.82, 2.24) is 9.97 Å². The number of fused-ring (bicyclic) bond motifs is 1. The van der Waals surface area contributed by atoms with Crippen molar-refractivity contribution in [3.05, 3.63) is 47.7 Å². The van der Waals surface area contributed by atoms with Crippen molar-refractivity contribution in [3.63, 3.8) is 0 Å². The lowest BCUT2D eigenvalue weighted by Gasteiger charge is -2.38. The fourth-order valence-electron chi connectivity index (χ4n) is 3.46. The zero-order valence-corrected chi connectivity index (χ0v) is 17.2. The van der Waals surface area contributed by atoms with E-state index >= 15 is 4.39 Å². The Morgan fingerprint density at radius 3 is 2.84 bits per heavy atom. The molecule has 0 spiro atoms. The van der Waals surface area contributed by atoms with Gasteiger partial charge < -0.3 is 20.5 Å². The van der Waals surface area contributed by atoms with Gasteiger partial charge in [-0.1, -0.05) is 11.8 Å². The van der Waals surface area contributed by atoms with Crippen molar-refractivity contribution in [1.29, 1.82) is 0 Å². The minimum Gasteiger partial charge on any atom is -0.470 e. The fraction of sp³-hybridized carbons (Fsp3) is 0.368. The second-order valence-electron chi connectivity index (χ2n) is 7.15. The van der Waals surface area contributed by atoms with Crippen LogP contribution in [0, 0.1) is 5.82 Å². The van der Waals surface area contributed by atoms with Crippen LogP contribution in [0.5, 0.6) is 5.88 Å². The Labute approximate surface area is 183 Å². The molecule has 2 atom stereocenters. The third kappa shape index (κ3) is 4.09. The zero-order valence-electron chi connectivity index (χ0n) is 16.4. The lowest BCUT2D eigenvalue weighted by atomic mass is 9.79. The van der Waals surface area contributed by atoms with Gasteiger partial charge in [0.15, 0.2) is 23.0 Å². The molecule has 2 unspecified atom stereocenters. The number of rotatable bonds is 6. The van der Waals surface area contributed by atoms with Gasteiger partial charge in [0, 0.05) is 17.0 Å². The SMILES string of the molecule is NC1=NC2(c3cc(NC(=O)c4cnc(OCC(F)F)cn4)ccc3F)COCC2(F)CS1. The van der Waals surface area contributed by atoms with Crippen molar-refractivity contribution >= 4 is 28.5 Å². The van der Waals surface area contributed by atoms with Crippen LogP contribution in [0.15, 0.2) is 35.6 Å². The van der Waals surface area contributed by atoms with E-state index < -0.39 is 36.0 Å². The topological polar surface area (TPSA) is 112 Å². The monoisotopic (exact) mass is 471 g/mol. The first-order chi connectivity index (χ1) is 15.2. The first-order valence-electron chi connectivity index (χ1n) is 9.32. The Morgan fingerprint density at radius 1 is 1.31 bits per heavy atom. The first kappa shape index (κ1) is 22.3. The molecule has 4 rings (SSSR count). The molecule has 0 radical (unpaired) electrons. The number of aromatic nitrogens is 2. The van der Waals surface area contributed by atoms with E-state index in [9.17, 15) is 18.0 Å². The van der Waals surface area contributed by atoms with Crippen molar-refractivity contribution in [2.75, 3.05) is 30.9 Å². The molecule has 13 heteroatoms. The Bertz CT molecular complexity index is 1060. The van der Waals surface area contributed by atoms with E-state index in [0.717, 1.165) is 30.2 Å². The molecule has 1 aromatic heterocycles. The van der Waals surface area contributed by atoms with Crippen LogP contribution in [0.4, 0.5) is 23.2 Å². The van der Waals surface area contributed by atoms with Gasteiger partial charge in [-0.25, -0.2) is 32.5 Å². The summed E-state index contributed by atoms with van der Waals surface area (Å²) < 4.78 is 64.8. The van der Waals surface area contributed by atoms with Crippen molar-refractivity contribution < 1.29 is 31.8 Å². The maximum Gasteiger partial charge on any atom is 0.275 e. The predicted octanol–water partition coefficient (Wildman–Crippen LogP) is 2.51. The smallest absolute Gasteiger partial charge is 0.275 e. The van der Waals surface area contributed by atoms with Gasteiger partial charge in [0.25, 0.3) is 12.3 Å². The zero-order chi connectivity index (χ0) is 22.9. The summed E-state index contributed by atoms with van der Waals surface area (Å²) >= 11 is 1.02. The summed E-state index contributed by atoms with van der Waals surface area (Å²) in [5.41, 5.74) is 2.08. The van der Waals surface area contributed by atoms with E-state index in [1.165, 1.54) is 12.1 Å². The predicted molar refractivity (Wildman–Crippen MR) is 108 cm³/mol. The number of nitrogens with zero attached hydrogens (tertiary/aromatic N) is 3. The van der Waals surface area contributed by atoms with Crippen LogP contribution in [0.3, 0.4) is 0 Å². The number of benzene rings is 1. The van der Waals surface area contributed by atoms with Crippen LogP contribution in [0.1, 0.15) is 16.1 Å². The standard InChI is InChI=1S/C19H17F4N5O3S/c20-12-2-1-10(27-16(29)13-4-26-15(5-25-13)31-6-14(21)22)3-11(12)19-8-30-7-18(19,23)9-32-17(24)28-19/h1-5,14H,6-9H2,(H2,24,28)(H,27,29). The van der Waals surface area contributed by atoms with Crippen LogP contribution < -0.4 is 15.8 Å². The number of amides is 1. The molecule has 1 saturated heterocycles. The van der Waals surface area contributed by atoms with Crippen LogP contribution in [-0.2, 0) is 10.3 Å². The highest BCUT2D eigenvalue weighted by Gasteiger charge is 2.61. The molecular weight excluding hydrogens is 454 g/mol. The van der Waals surface area contributed by atoms with Crippen molar-refractivity contribution in [2.24, 2.45) is 10.7 Å². The number of hydrogen-bond donors (Lipinski definition) is 2. The molecule has 170 valence electrons. The third-order valence-corrected chi connectivity index (χ3v) is 6.01. The number of carbonyl (C=O) groups is 1. The molecule has 3 N–H and O–H groups in total. The third-order valence-electron chi connectivity index (χ3n) is 5.02. The maximum absolute atomic E-state index is 15.6. The van der Waals surface area contributed by atoms with E-state index in [1.54, 1.807) is 0 Å². The number of ether oxygens (including phenoxy) is 2. The minimum atomic E-state index is -2.68. The summed E-state index contributed by atoms with van der Waals surface area (Å²) in [5, 5.41) is 2.63. The number of halogens is 4. The van der Waals surface area contributed by atoms with Crippen molar-refractivity contribution in [3.8, 4) is 5.88 Å². The Kier molecular flexibility index (Phi) is 5.95. The normalized spacial score (nSPS) is 24.7. The lowest BCUT2D eigenvalue weighted by Crippen LogP contribution is -2.52. The molecule has 0 aliphatic carbocycles. The molecule has 1 fully saturated rings. The highest BCUT2D eigenvalue weighted by atomic mass is 32.2. The highest BCUT2D eigenvalue weighted by Crippen LogP contribution is 2.50. The number of amidine groups is 1. The van der Waals surface area contributed by atoms with Gasteiger partial charge >= 0.3 is 0 Å². The van der Waals surface area contributed by atoms with Crippen molar-refractivity contribution in [2.45, 2.75) is 17.6 Å². The lowest BCUT2D eigenvalue weighted by molar-refractivity contribution is 0.0792. The maximum atomic E-state index is 15.6. The summed E-state index contributed by atoms with van der Waals surface area (Å²) in [6.07, 6.45) is -0.612. The molecule has 0 saturated carbocycles. The average Bonchev–Trinajstić information content (AvgIpc) is 3.11. The average molecular weight is 471 g/mol. The van der Waals surface area contributed by atoms with Crippen LogP contribution in [-0.4, -0.2) is 58.7 Å². The summed E-state index contributed by atoms with van der Waals surface area (Å²) in [6, 6.07) is 3.65. The molecule has 32 heavy (non-hydrogen) atoms. The first-order valence-corrected chi connectivity index (χ1v) is 10.3. The summed E-state index contributed by atoms with van der Waals surface area (Å²) in [4.78, 5) is 24.3. The number of nitrogens with two attached hydrogens (primary N) is 1. The van der Waals surface area contributed by atoms with Gasteiger partial charge in [0.05, 0.1) is 25.6 Å². The molecular formula is C19H17F4N5O3S. The van der Waals surface area contributed by atoms with Gasteiger partial charge in [-0.15, -0.1) is 0 Å². The molecule has 1 amide bonds. The van der Waals surface area contributed by atoms with Gasteiger partial charge in [-0.05, 0) is 18.2 Å². The number of carbonyl (C=O) groups excluding carboxylic acids is 1. The van der Waals surface area contributed by atoms with Crippen LogP contribution in [0.2, 0.25) is 0 Å². The number of aliphatic imine (C=N–C) groups is 1. The highest BCUT2D eigenvalue weighted by molar-refractivity contribution is 8.13. The Hall–Kier alpha value is -2.93. The van der Waals surface area contributed by atoms with E-state index in [4.69, 9.17) is 15.2 Å². The summed E-state index contributed by atoms with van der Waals surface area (Å²) in [6.45, 7) is -1.32. The van der Waals surface area contributed by atoms with Gasteiger partial charge in [0.2, 0.25) is 5.88 Å². The molecule has 3 heterocycles. The second kappa shape index (κ2) is 8.54. The van der Waals surface area contributed by atoms with Gasteiger partial charge in [-0.2, -0.15) is 0 Å². The second-order valence-corrected chi connectivity index (χ2v) is 8.14. The number of hydrogen-bond acceptors (Lipinski definition) is 8. The number of alkyl halides is 3. The Balaban J connectivity index is 1.57. The quantitative estimate of drug-likeness (QED) is 0.623. The van der Waals surface area contributed by atoms with Crippen LogP contribution in [0.25, 0.3) is 0 Å². The Morgan fingerprint density at radius 2 is 2.12 bits per heavy atom. The number of anilines is 1. The molecule has 2 aliphatic rings. The number of nitrogens with one attached hydrogen (secondary N) is 1. The molecule has 2 aromatic rings. The minimum absolute atomic E-state index is 0.0477. The summed E-state index contributed by atoms with van der Waals surface area (Å²) in [7, 11) is 0. The molecule has 2 aliphatic heterocycles. The molecule has 8 nitrogen and oxygen atoms in total. The summed E-state index contributed by atoms with van der Waals surface area (Å²) in [5.74, 6) is -1.65. The van der Waals surface area contributed by atoms with E-state index in [-0.39, 0.29) is 47.0 Å². The van der Waals surface area contributed by atoms with Gasteiger partial charge in [0.1, 0.15) is 11.5 Å². The molecule has 0 bridgehead atoms. The van der Waals surface area contributed by atoms with E-state index in [1.807, 2.05) is 0 Å². The van der Waals surface area contributed by atoms with Crippen LogP contribution >= 0.6 is 11.8 Å². The largest absolute Gasteiger partial charge is 0.470 e. The van der Waals surface area contributed by atoms with Gasteiger partial charge in [-0.3, -0.25) is 4.79 Å².